The van der Waals surface area contributed by atoms with Crippen LogP contribution >= 0.6 is 0 Å². The van der Waals surface area contributed by atoms with Crippen molar-refractivity contribution in [1.82, 2.24) is 9.88 Å². The largest absolute Gasteiger partial charge is 0.437 e. The zero-order valence-electron chi connectivity index (χ0n) is 15.2. The lowest BCUT2D eigenvalue weighted by Crippen LogP contribution is -2.64. The number of carbonyl (C=O) groups excluding carboxylic acids is 1. The van der Waals surface area contributed by atoms with Crippen LogP contribution in [0.1, 0.15) is 18.4 Å². The van der Waals surface area contributed by atoms with E-state index < -0.39 is 23.4 Å². The standard InChI is InChI=1S/C20H20F3N3O2/c21-16-10-15(11-24-12-16)13-25-8-6-19(7-9-25)14-26(17-4-2-1-3-5-17)18(27)20(22,23)28-19/h1-5,10-12H,6-9,13-14H2. The van der Waals surface area contributed by atoms with Gasteiger partial charge in [0, 0.05) is 31.5 Å². The molecule has 0 aliphatic carbocycles. The van der Waals surface area contributed by atoms with Gasteiger partial charge in [0.1, 0.15) is 5.82 Å². The number of aromatic nitrogens is 1. The number of ether oxygens (including phenoxy) is 1. The molecule has 148 valence electrons. The first kappa shape index (κ1) is 18.9. The minimum Gasteiger partial charge on any atom is -0.304 e. The molecule has 0 N–H and O–H groups in total. The minimum absolute atomic E-state index is 0.0841. The van der Waals surface area contributed by atoms with Crippen molar-refractivity contribution in [3.8, 4) is 0 Å². The van der Waals surface area contributed by atoms with Crippen LogP contribution in [-0.4, -0.2) is 47.1 Å². The molecule has 0 saturated carbocycles. The maximum Gasteiger partial charge on any atom is 0.437 e. The van der Waals surface area contributed by atoms with Gasteiger partial charge in [-0.1, -0.05) is 18.2 Å². The van der Waals surface area contributed by atoms with Gasteiger partial charge < -0.3 is 9.64 Å². The van der Waals surface area contributed by atoms with Crippen LogP contribution in [-0.2, 0) is 16.1 Å². The highest BCUT2D eigenvalue weighted by Crippen LogP contribution is 2.40. The summed E-state index contributed by atoms with van der Waals surface area (Å²) in [6, 6.07) is 9.87. The van der Waals surface area contributed by atoms with E-state index in [0.29, 0.717) is 38.2 Å². The molecule has 2 aromatic rings. The molecule has 0 atom stereocenters. The van der Waals surface area contributed by atoms with Crippen LogP contribution in [0, 0.1) is 5.82 Å². The molecule has 4 rings (SSSR count). The topological polar surface area (TPSA) is 45.7 Å². The number of hydrogen-bond acceptors (Lipinski definition) is 4. The van der Waals surface area contributed by atoms with Gasteiger partial charge in [-0.15, -0.1) is 0 Å². The Morgan fingerprint density at radius 2 is 1.82 bits per heavy atom. The fourth-order valence-electron chi connectivity index (χ4n) is 3.86. The summed E-state index contributed by atoms with van der Waals surface area (Å²) in [4.78, 5) is 19.2. The number of carbonyl (C=O) groups is 1. The maximum atomic E-state index is 14.4. The summed E-state index contributed by atoms with van der Waals surface area (Å²) in [6.07, 6.45) is -0.428. The zero-order valence-corrected chi connectivity index (χ0v) is 15.2. The van der Waals surface area contributed by atoms with Gasteiger partial charge >= 0.3 is 12.0 Å². The molecule has 3 heterocycles. The number of hydrogen-bond donors (Lipinski definition) is 0. The molecule has 2 aliphatic rings. The molecule has 1 aromatic heterocycles. The minimum atomic E-state index is -3.86. The second-order valence-electron chi connectivity index (χ2n) is 7.32. The number of amides is 1. The van der Waals surface area contributed by atoms with Crippen LogP contribution in [0.2, 0.25) is 0 Å². The summed E-state index contributed by atoms with van der Waals surface area (Å²) < 4.78 is 47.1. The van der Waals surface area contributed by atoms with Crippen molar-refractivity contribution in [2.45, 2.75) is 31.1 Å². The lowest BCUT2D eigenvalue weighted by molar-refractivity contribution is -0.293. The molecule has 0 radical (unpaired) electrons. The number of nitrogens with zero attached hydrogens (tertiary/aromatic N) is 3. The predicted molar refractivity (Wildman–Crippen MR) is 96.3 cm³/mol. The number of anilines is 1. The van der Waals surface area contributed by atoms with E-state index in [-0.39, 0.29) is 6.54 Å². The molecular formula is C20H20F3N3O2. The first-order valence-corrected chi connectivity index (χ1v) is 9.14. The molecular weight excluding hydrogens is 371 g/mol. The SMILES string of the molecule is O=C1N(c2ccccc2)CC2(CCN(Cc3cncc(F)c3)CC2)OC1(F)F. The van der Waals surface area contributed by atoms with E-state index in [4.69, 9.17) is 4.74 Å². The first-order chi connectivity index (χ1) is 13.4. The Bertz CT molecular complexity index is 855. The van der Waals surface area contributed by atoms with Gasteiger partial charge in [-0.2, -0.15) is 8.78 Å². The molecule has 5 nitrogen and oxygen atoms in total. The number of piperidine rings is 1. The first-order valence-electron chi connectivity index (χ1n) is 9.14. The molecule has 28 heavy (non-hydrogen) atoms. The molecule has 1 spiro atoms. The third-order valence-electron chi connectivity index (χ3n) is 5.29. The predicted octanol–water partition coefficient (Wildman–Crippen LogP) is 3.21. The number of morpholine rings is 1. The summed E-state index contributed by atoms with van der Waals surface area (Å²) in [7, 11) is 0. The third kappa shape index (κ3) is 3.74. The smallest absolute Gasteiger partial charge is 0.304 e. The van der Waals surface area contributed by atoms with Crippen molar-refractivity contribution in [2.24, 2.45) is 0 Å². The maximum absolute atomic E-state index is 14.4. The summed E-state index contributed by atoms with van der Waals surface area (Å²) in [5.41, 5.74) is 0.0549. The highest BCUT2D eigenvalue weighted by atomic mass is 19.3. The molecule has 1 amide bonds. The molecule has 1 aromatic carbocycles. The summed E-state index contributed by atoms with van der Waals surface area (Å²) in [5, 5.41) is 0. The average molecular weight is 391 g/mol. The van der Waals surface area contributed by atoms with E-state index in [2.05, 4.69) is 4.98 Å². The summed E-state index contributed by atoms with van der Waals surface area (Å²) in [5.74, 6) is -1.74. The van der Waals surface area contributed by atoms with E-state index >= 15 is 0 Å². The van der Waals surface area contributed by atoms with Gasteiger partial charge in [-0.05, 0) is 36.6 Å². The van der Waals surface area contributed by atoms with Crippen LogP contribution in [0.5, 0.6) is 0 Å². The van der Waals surface area contributed by atoms with Crippen LogP contribution in [0.25, 0.3) is 0 Å². The van der Waals surface area contributed by atoms with Gasteiger partial charge in [-0.3, -0.25) is 14.7 Å². The van der Waals surface area contributed by atoms with E-state index in [1.165, 1.54) is 6.07 Å². The number of halogens is 3. The molecule has 2 aliphatic heterocycles. The monoisotopic (exact) mass is 391 g/mol. The molecule has 8 heteroatoms. The van der Waals surface area contributed by atoms with Crippen LogP contribution in [0.3, 0.4) is 0 Å². The van der Waals surface area contributed by atoms with Crippen LogP contribution in [0.4, 0.5) is 18.9 Å². The van der Waals surface area contributed by atoms with E-state index in [0.717, 1.165) is 16.7 Å². The van der Waals surface area contributed by atoms with Crippen molar-refractivity contribution in [1.29, 1.82) is 0 Å². The highest BCUT2D eigenvalue weighted by molar-refractivity contribution is 5.98. The fourth-order valence-corrected chi connectivity index (χ4v) is 3.86. The lowest BCUT2D eigenvalue weighted by Gasteiger charge is -2.48. The normalized spacial score (nSPS) is 21.8. The molecule has 0 bridgehead atoms. The number of pyridine rings is 1. The number of benzene rings is 1. The van der Waals surface area contributed by atoms with Gasteiger partial charge in [0.15, 0.2) is 0 Å². The summed E-state index contributed by atoms with van der Waals surface area (Å²) in [6.45, 7) is 1.58. The second kappa shape index (κ2) is 7.18. The van der Waals surface area contributed by atoms with Gasteiger partial charge in [0.25, 0.3) is 0 Å². The van der Waals surface area contributed by atoms with Crippen molar-refractivity contribution in [3.05, 3.63) is 60.2 Å². The van der Waals surface area contributed by atoms with E-state index in [9.17, 15) is 18.0 Å². The summed E-state index contributed by atoms with van der Waals surface area (Å²) >= 11 is 0. The molecule has 0 unspecified atom stereocenters. The Morgan fingerprint density at radius 1 is 1.11 bits per heavy atom. The lowest BCUT2D eigenvalue weighted by atomic mass is 9.88. The van der Waals surface area contributed by atoms with Crippen LogP contribution in [0.15, 0.2) is 48.8 Å². The Balaban J connectivity index is 1.48. The van der Waals surface area contributed by atoms with E-state index in [1.807, 2.05) is 4.90 Å². The zero-order chi connectivity index (χ0) is 19.8. The second-order valence-corrected chi connectivity index (χ2v) is 7.32. The Kier molecular flexibility index (Phi) is 4.84. The van der Waals surface area contributed by atoms with Crippen molar-refractivity contribution in [3.63, 3.8) is 0 Å². The third-order valence-corrected chi connectivity index (χ3v) is 5.29. The van der Waals surface area contributed by atoms with Gasteiger partial charge in [0.05, 0.1) is 18.3 Å². The molecule has 2 saturated heterocycles. The number of para-hydroxylation sites is 1. The molecule has 2 fully saturated rings. The van der Waals surface area contributed by atoms with E-state index in [1.54, 1.807) is 36.5 Å². The average Bonchev–Trinajstić information content (AvgIpc) is 2.67. The Morgan fingerprint density at radius 3 is 2.50 bits per heavy atom. The fraction of sp³-hybridized carbons (Fsp3) is 0.400. The quantitative estimate of drug-likeness (QED) is 0.806. The number of likely N-dealkylation sites (tertiary alicyclic amines) is 1. The number of alkyl halides is 2. The van der Waals surface area contributed by atoms with Gasteiger partial charge in [-0.25, -0.2) is 4.39 Å². The van der Waals surface area contributed by atoms with Crippen LogP contribution < -0.4 is 4.90 Å². The highest BCUT2D eigenvalue weighted by Gasteiger charge is 2.57. The Labute approximate surface area is 160 Å². The van der Waals surface area contributed by atoms with Crippen molar-refractivity contribution in [2.75, 3.05) is 24.5 Å². The van der Waals surface area contributed by atoms with Crippen molar-refractivity contribution < 1.29 is 22.7 Å². The Hall–Kier alpha value is -2.45. The van der Waals surface area contributed by atoms with Gasteiger partial charge in [0.2, 0.25) is 0 Å². The number of rotatable bonds is 3. The van der Waals surface area contributed by atoms with Crippen molar-refractivity contribution >= 4 is 11.6 Å².